The Hall–Kier alpha value is -3.33. The molecule has 3 aromatic rings. The van der Waals surface area contributed by atoms with Crippen molar-refractivity contribution in [1.29, 1.82) is 0 Å². The maximum Gasteiger partial charge on any atom is 0.224 e. The van der Waals surface area contributed by atoms with Gasteiger partial charge in [-0.15, -0.1) is 0 Å². The van der Waals surface area contributed by atoms with Crippen LogP contribution < -0.4 is 19.7 Å². The number of halogens is 1. The average Bonchev–Trinajstić information content (AvgIpc) is 3.17. The van der Waals surface area contributed by atoms with Crippen molar-refractivity contribution in [2.75, 3.05) is 37.5 Å². The number of nitrogens with one attached hydrogen (secondary N) is 1. The van der Waals surface area contributed by atoms with Gasteiger partial charge in [0, 0.05) is 43.4 Å². The number of hydrogen-bond acceptors (Lipinski definition) is 7. The number of carbonyl (C=O) groups excluding carboxylic acids is 1. The first-order valence-electron chi connectivity index (χ1n) is 11.7. The van der Waals surface area contributed by atoms with Gasteiger partial charge >= 0.3 is 0 Å². The van der Waals surface area contributed by atoms with E-state index in [4.69, 9.17) is 26.2 Å². The Bertz CT molecular complexity index is 1210. The van der Waals surface area contributed by atoms with Gasteiger partial charge in [-0.3, -0.25) is 4.79 Å². The molecule has 1 N–H and O–H groups in total. The van der Waals surface area contributed by atoms with E-state index in [1.807, 2.05) is 24.6 Å². The van der Waals surface area contributed by atoms with Gasteiger partial charge in [0.25, 0.3) is 0 Å². The molecule has 0 bridgehead atoms. The van der Waals surface area contributed by atoms with Crippen LogP contribution >= 0.6 is 11.6 Å². The van der Waals surface area contributed by atoms with Gasteiger partial charge in [0.15, 0.2) is 5.82 Å². The van der Waals surface area contributed by atoms with Crippen molar-refractivity contribution in [2.24, 2.45) is 0 Å². The molecular formula is C25H31ClN6O3. The highest BCUT2D eigenvalue weighted by atomic mass is 35.5. The maximum absolute atomic E-state index is 12.8. The molecule has 0 radical (unpaired) electrons. The lowest BCUT2D eigenvalue weighted by Crippen LogP contribution is -2.30. The van der Waals surface area contributed by atoms with Crippen LogP contribution in [0.3, 0.4) is 0 Å². The van der Waals surface area contributed by atoms with E-state index >= 15 is 0 Å². The number of carbonyl (C=O) groups is 1. The van der Waals surface area contributed by atoms with Crippen molar-refractivity contribution >= 4 is 29.0 Å². The van der Waals surface area contributed by atoms with Crippen LogP contribution in [-0.4, -0.2) is 53.0 Å². The number of aryl methyl sites for hydroxylation is 1. The molecular weight excluding hydrogens is 468 g/mol. The zero-order valence-corrected chi connectivity index (χ0v) is 21.4. The first kappa shape index (κ1) is 24.8. The number of anilines is 2. The number of rotatable bonds is 8. The third kappa shape index (κ3) is 5.51. The SMILES string of the molecule is COc1cc(Cl)c(NC(=O)CCc2c(C)nn(-c3cc(N4CCCCC4)ncn3)c2C)c(OC)c1. The zero-order valence-electron chi connectivity index (χ0n) is 20.6. The molecule has 1 saturated heterocycles. The summed E-state index contributed by atoms with van der Waals surface area (Å²) in [6.07, 6.45) is 6.01. The summed E-state index contributed by atoms with van der Waals surface area (Å²) in [5, 5.41) is 7.93. The standard InChI is InChI=1S/C25H31ClN6O3/c1-16-19(8-9-24(33)29-25-20(26)12-18(34-3)13-21(25)35-4)17(2)32(30-16)23-14-22(27-15-28-23)31-10-6-5-7-11-31/h12-15H,5-11H2,1-4H3,(H,29,33). The quantitative estimate of drug-likeness (QED) is 0.488. The van der Waals surface area contributed by atoms with Gasteiger partial charge < -0.3 is 19.7 Å². The molecule has 186 valence electrons. The van der Waals surface area contributed by atoms with Crippen molar-refractivity contribution in [1.82, 2.24) is 19.7 Å². The van der Waals surface area contributed by atoms with Crippen molar-refractivity contribution in [3.8, 4) is 17.3 Å². The predicted molar refractivity (Wildman–Crippen MR) is 136 cm³/mol. The lowest BCUT2D eigenvalue weighted by molar-refractivity contribution is -0.116. The molecule has 2 aromatic heterocycles. The van der Waals surface area contributed by atoms with E-state index in [1.165, 1.54) is 26.4 Å². The summed E-state index contributed by atoms with van der Waals surface area (Å²) in [5.74, 6) is 2.48. The lowest BCUT2D eigenvalue weighted by atomic mass is 10.1. The molecule has 1 fully saturated rings. The largest absolute Gasteiger partial charge is 0.497 e. The van der Waals surface area contributed by atoms with Crippen LogP contribution in [0.15, 0.2) is 24.5 Å². The van der Waals surface area contributed by atoms with Crippen LogP contribution in [0, 0.1) is 13.8 Å². The van der Waals surface area contributed by atoms with Gasteiger partial charge in [0.05, 0.1) is 24.9 Å². The van der Waals surface area contributed by atoms with E-state index in [0.29, 0.717) is 28.6 Å². The van der Waals surface area contributed by atoms with E-state index in [-0.39, 0.29) is 12.3 Å². The van der Waals surface area contributed by atoms with Crippen molar-refractivity contribution in [2.45, 2.75) is 46.0 Å². The Kier molecular flexibility index (Phi) is 7.75. The fourth-order valence-electron chi connectivity index (χ4n) is 4.41. The van der Waals surface area contributed by atoms with Crippen molar-refractivity contribution < 1.29 is 14.3 Å². The molecule has 9 nitrogen and oxygen atoms in total. The molecule has 35 heavy (non-hydrogen) atoms. The number of hydrogen-bond donors (Lipinski definition) is 1. The summed E-state index contributed by atoms with van der Waals surface area (Å²) < 4.78 is 12.4. The van der Waals surface area contributed by atoms with Crippen LogP contribution in [0.5, 0.6) is 11.5 Å². The number of piperidine rings is 1. The van der Waals surface area contributed by atoms with Gasteiger partial charge in [-0.25, -0.2) is 14.6 Å². The summed E-state index contributed by atoms with van der Waals surface area (Å²) in [5.41, 5.74) is 3.27. The summed E-state index contributed by atoms with van der Waals surface area (Å²) in [6, 6.07) is 5.30. The molecule has 0 aliphatic carbocycles. The van der Waals surface area contributed by atoms with E-state index in [1.54, 1.807) is 25.6 Å². The molecule has 0 spiro atoms. The molecule has 0 atom stereocenters. The van der Waals surface area contributed by atoms with Gasteiger partial charge in [0.2, 0.25) is 5.91 Å². The smallest absolute Gasteiger partial charge is 0.224 e. The second-order valence-electron chi connectivity index (χ2n) is 8.58. The molecule has 0 saturated carbocycles. The van der Waals surface area contributed by atoms with Gasteiger partial charge in [-0.05, 0) is 45.1 Å². The fraction of sp³-hybridized carbons (Fsp3) is 0.440. The summed E-state index contributed by atoms with van der Waals surface area (Å²) in [4.78, 5) is 24.0. The Morgan fingerprint density at radius 2 is 1.80 bits per heavy atom. The minimum Gasteiger partial charge on any atom is -0.497 e. The number of nitrogens with zero attached hydrogens (tertiary/aromatic N) is 5. The van der Waals surface area contributed by atoms with Crippen LogP contribution in [0.2, 0.25) is 5.02 Å². The van der Waals surface area contributed by atoms with E-state index in [2.05, 4.69) is 20.2 Å². The van der Waals surface area contributed by atoms with Crippen LogP contribution in [0.25, 0.3) is 5.82 Å². The average molecular weight is 499 g/mol. The van der Waals surface area contributed by atoms with Crippen molar-refractivity contribution in [3.63, 3.8) is 0 Å². The summed E-state index contributed by atoms with van der Waals surface area (Å²) in [7, 11) is 3.07. The first-order chi connectivity index (χ1) is 16.9. The summed E-state index contributed by atoms with van der Waals surface area (Å²) in [6.45, 7) is 5.97. The topological polar surface area (TPSA) is 94.4 Å². The fourth-order valence-corrected chi connectivity index (χ4v) is 4.66. The number of benzene rings is 1. The second kappa shape index (κ2) is 10.9. The maximum atomic E-state index is 12.8. The highest BCUT2D eigenvalue weighted by Crippen LogP contribution is 2.37. The number of aromatic nitrogens is 4. The van der Waals surface area contributed by atoms with Gasteiger partial charge in [0.1, 0.15) is 29.3 Å². The zero-order chi connectivity index (χ0) is 24.9. The van der Waals surface area contributed by atoms with Gasteiger partial charge in [-0.2, -0.15) is 5.10 Å². The molecule has 1 aliphatic rings. The van der Waals surface area contributed by atoms with Crippen molar-refractivity contribution in [3.05, 3.63) is 46.5 Å². The van der Waals surface area contributed by atoms with Gasteiger partial charge in [-0.1, -0.05) is 11.6 Å². The third-order valence-electron chi connectivity index (χ3n) is 6.33. The Balaban J connectivity index is 1.47. The van der Waals surface area contributed by atoms with Crippen LogP contribution in [-0.2, 0) is 11.2 Å². The first-order valence-corrected chi connectivity index (χ1v) is 12.1. The number of ether oxygens (including phenoxy) is 2. The monoisotopic (exact) mass is 498 g/mol. The molecule has 1 aliphatic heterocycles. The molecule has 10 heteroatoms. The molecule has 1 aromatic carbocycles. The van der Waals surface area contributed by atoms with E-state index in [0.717, 1.165) is 41.7 Å². The third-order valence-corrected chi connectivity index (χ3v) is 6.62. The van der Waals surface area contributed by atoms with Crippen LogP contribution in [0.4, 0.5) is 11.5 Å². The minimum atomic E-state index is -0.170. The highest BCUT2D eigenvalue weighted by molar-refractivity contribution is 6.34. The normalized spacial score (nSPS) is 13.6. The summed E-state index contributed by atoms with van der Waals surface area (Å²) >= 11 is 6.34. The molecule has 0 unspecified atom stereocenters. The van der Waals surface area contributed by atoms with E-state index in [9.17, 15) is 4.79 Å². The minimum absolute atomic E-state index is 0.170. The molecule has 1 amide bonds. The lowest BCUT2D eigenvalue weighted by Gasteiger charge is -2.27. The highest BCUT2D eigenvalue weighted by Gasteiger charge is 2.19. The Labute approximate surface area is 210 Å². The molecule has 3 heterocycles. The predicted octanol–water partition coefficient (Wildman–Crippen LogP) is 4.51. The van der Waals surface area contributed by atoms with E-state index < -0.39 is 0 Å². The molecule has 4 rings (SSSR count). The van der Waals surface area contributed by atoms with Crippen LogP contribution in [0.1, 0.15) is 42.6 Å². The Morgan fingerprint density at radius 3 is 2.51 bits per heavy atom. The Morgan fingerprint density at radius 1 is 1.06 bits per heavy atom. The second-order valence-corrected chi connectivity index (χ2v) is 8.99. The number of amides is 1. The number of methoxy groups -OCH3 is 2.